The molecule has 3 heterocycles. The lowest BCUT2D eigenvalue weighted by molar-refractivity contribution is 0.223. The molecule has 1 atom stereocenters. The first-order valence-electron chi connectivity index (χ1n) is 8.82. The maximum absolute atomic E-state index is 12.8. The zero-order valence-corrected chi connectivity index (χ0v) is 15.9. The Morgan fingerprint density at radius 2 is 1.04 bits per heavy atom. The Morgan fingerprint density at radius 1 is 0.625 bits per heavy atom. The molecule has 3 aliphatic heterocycles. The number of piperidine rings is 1. The minimum atomic E-state index is -3.47. The lowest BCUT2D eigenvalue weighted by Crippen LogP contribution is -2.57. The molecule has 3 fully saturated rings. The molecule has 0 aromatic heterocycles. The number of nitrogens with zero attached hydrogens (tertiary/aromatic N) is 4. The van der Waals surface area contributed by atoms with Crippen molar-refractivity contribution in [2.75, 3.05) is 52.4 Å². The van der Waals surface area contributed by atoms with Crippen molar-refractivity contribution in [3.63, 3.8) is 0 Å². The van der Waals surface area contributed by atoms with Crippen molar-refractivity contribution in [2.45, 2.75) is 32.6 Å². The van der Waals surface area contributed by atoms with E-state index >= 15 is 0 Å². The Bertz CT molecular complexity index is 638. The second-order valence-corrected chi connectivity index (χ2v) is 10.9. The number of hydrogen-bond donors (Lipinski definition) is 0. The summed E-state index contributed by atoms with van der Waals surface area (Å²) in [6.45, 7) is 5.30. The quantitative estimate of drug-likeness (QED) is 0.683. The van der Waals surface area contributed by atoms with Crippen LogP contribution in [-0.4, -0.2) is 86.4 Å². The molecule has 0 aliphatic carbocycles. The highest BCUT2D eigenvalue weighted by Crippen LogP contribution is 2.23. The van der Waals surface area contributed by atoms with E-state index in [0.29, 0.717) is 32.1 Å². The number of hydrogen-bond acceptors (Lipinski definition) is 4. The van der Waals surface area contributed by atoms with Crippen LogP contribution in [0, 0.1) is 5.92 Å². The van der Waals surface area contributed by atoms with Gasteiger partial charge < -0.3 is 0 Å². The van der Waals surface area contributed by atoms with Crippen molar-refractivity contribution in [2.24, 2.45) is 5.92 Å². The maximum Gasteiger partial charge on any atom is 0.282 e. The van der Waals surface area contributed by atoms with Gasteiger partial charge >= 0.3 is 0 Å². The van der Waals surface area contributed by atoms with Gasteiger partial charge in [0, 0.05) is 52.4 Å². The van der Waals surface area contributed by atoms with Crippen LogP contribution in [0.5, 0.6) is 0 Å². The van der Waals surface area contributed by atoms with E-state index in [1.807, 2.05) is 0 Å². The van der Waals surface area contributed by atoms with E-state index in [9.17, 15) is 16.8 Å². The molecule has 3 saturated heterocycles. The van der Waals surface area contributed by atoms with Gasteiger partial charge in [0.25, 0.3) is 20.4 Å². The minimum absolute atomic E-state index is 0.236. The van der Waals surface area contributed by atoms with Gasteiger partial charge in [0.1, 0.15) is 0 Å². The molecule has 0 aromatic carbocycles. The van der Waals surface area contributed by atoms with Gasteiger partial charge in [-0.1, -0.05) is 6.92 Å². The first kappa shape index (κ1) is 18.5. The van der Waals surface area contributed by atoms with E-state index in [0.717, 1.165) is 25.7 Å². The fourth-order valence-electron chi connectivity index (χ4n) is 3.73. The maximum atomic E-state index is 12.8. The third-order valence-corrected chi connectivity index (χ3v) is 9.22. The standard InChI is InChI=1S/C14H28N4O4S2/c1-14-5-4-8-18(13-14)24(21,22)17-11-9-16(10-12-17)23(19,20)15-6-2-3-7-15/h14H,2-13H2,1H3/t14-/m1/s1. The number of rotatable bonds is 4. The molecule has 3 rings (SSSR count). The van der Waals surface area contributed by atoms with Gasteiger partial charge in [0.05, 0.1) is 0 Å². The molecular weight excluding hydrogens is 352 g/mol. The highest BCUT2D eigenvalue weighted by atomic mass is 32.2. The van der Waals surface area contributed by atoms with Crippen LogP contribution in [0.2, 0.25) is 0 Å². The van der Waals surface area contributed by atoms with Gasteiger partial charge in [0.15, 0.2) is 0 Å². The Hall–Kier alpha value is -0.260. The van der Waals surface area contributed by atoms with Gasteiger partial charge in [-0.25, -0.2) is 0 Å². The fourth-order valence-corrected chi connectivity index (χ4v) is 7.16. The van der Waals surface area contributed by atoms with E-state index in [2.05, 4.69) is 6.92 Å². The van der Waals surface area contributed by atoms with E-state index < -0.39 is 20.4 Å². The topological polar surface area (TPSA) is 81.2 Å². The van der Waals surface area contributed by atoms with Crippen molar-refractivity contribution in [3.8, 4) is 0 Å². The molecule has 0 N–H and O–H groups in total. The zero-order valence-electron chi connectivity index (χ0n) is 14.3. The minimum Gasteiger partial charge on any atom is -0.195 e. The summed E-state index contributed by atoms with van der Waals surface area (Å²) in [6.07, 6.45) is 3.76. The van der Waals surface area contributed by atoms with Gasteiger partial charge in [-0.15, -0.1) is 0 Å². The van der Waals surface area contributed by atoms with Gasteiger partial charge in [-0.2, -0.15) is 34.1 Å². The summed E-state index contributed by atoms with van der Waals surface area (Å²) in [5.41, 5.74) is 0. The largest absolute Gasteiger partial charge is 0.282 e. The highest BCUT2D eigenvalue weighted by Gasteiger charge is 2.38. The molecule has 140 valence electrons. The van der Waals surface area contributed by atoms with Crippen LogP contribution < -0.4 is 0 Å². The summed E-state index contributed by atoms with van der Waals surface area (Å²) in [5, 5.41) is 0. The molecule has 0 spiro atoms. The van der Waals surface area contributed by atoms with Crippen molar-refractivity contribution >= 4 is 20.4 Å². The first-order valence-corrected chi connectivity index (χ1v) is 11.6. The summed E-state index contributed by atoms with van der Waals surface area (Å²) in [7, 11) is -6.91. The number of piperazine rings is 1. The average molecular weight is 381 g/mol. The first-order chi connectivity index (χ1) is 11.3. The third kappa shape index (κ3) is 3.63. The van der Waals surface area contributed by atoms with E-state index in [-0.39, 0.29) is 26.2 Å². The second kappa shape index (κ2) is 7.16. The van der Waals surface area contributed by atoms with Crippen molar-refractivity contribution in [1.82, 2.24) is 17.2 Å². The smallest absolute Gasteiger partial charge is 0.195 e. The van der Waals surface area contributed by atoms with Gasteiger partial charge in [0.2, 0.25) is 0 Å². The molecule has 0 bridgehead atoms. The molecule has 3 aliphatic rings. The van der Waals surface area contributed by atoms with Crippen LogP contribution >= 0.6 is 0 Å². The molecule has 0 unspecified atom stereocenters. The summed E-state index contributed by atoms with van der Waals surface area (Å²) in [6, 6.07) is 0. The van der Waals surface area contributed by atoms with E-state index in [1.165, 1.54) is 12.9 Å². The highest BCUT2D eigenvalue weighted by molar-refractivity contribution is 7.87. The van der Waals surface area contributed by atoms with Gasteiger partial charge in [-0.05, 0) is 31.6 Å². The van der Waals surface area contributed by atoms with Crippen molar-refractivity contribution in [3.05, 3.63) is 0 Å². The molecule has 8 nitrogen and oxygen atoms in total. The van der Waals surface area contributed by atoms with Crippen LogP contribution in [0.15, 0.2) is 0 Å². The van der Waals surface area contributed by atoms with Gasteiger partial charge in [-0.3, -0.25) is 0 Å². The predicted octanol–water partition coefficient (Wildman–Crippen LogP) is -0.0787. The summed E-state index contributed by atoms with van der Waals surface area (Å²) < 4.78 is 56.6. The van der Waals surface area contributed by atoms with Crippen molar-refractivity contribution < 1.29 is 16.8 Å². The lowest BCUT2D eigenvalue weighted by atomic mass is 10.0. The Morgan fingerprint density at radius 3 is 1.54 bits per heavy atom. The lowest BCUT2D eigenvalue weighted by Gasteiger charge is -2.39. The molecule has 0 aromatic rings. The Kier molecular flexibility index (Phi) is 5.53. The molecule has 0 saturated carbocycles. The summed E-state index contributed by atoms with van der Waals surface area (Å²) in [5.74, 6) is 0.380. The predicted molar refractivity (Wildman–Crippen MR) is 91.8 cm³/mol. The Labute approximate surface area is 145 Å². The summed E-state index contributed by atoms with van der Waals surface area (Å²) >= 11 is 0. The normalized spacial score (nSPS) is 30.0. The van der Waals surface area contributed by atoms with Crippen molar-refractivity contribution in [1.29, 1.82) is 0 Å². The Balaban J connectivity index is 1.62. The van der Waals surface area contributed by atoms with Crippen LogP contribution in [0.3, 0.4) is 0 Å². The SMILES string of the molecule is C[C@@H]1CCCN(S(=O)(=O)N2CCN(S(=O)(=O)N3CCCC3)CC2)C1. The van der Waals surface area contributed by atoms with Crippen LogP contribution in [0.4, 0.5) is 0 Å². The van der Waals surface area contributed by atoms with Crippen LogP contribution in [0.25, 0.3) is 0 Å². The monoisotopic (exact) mass is 380 g/mol. The van der Waals surface area contributed by atoms with Crippen LogP contribution in [0.1, 0.15) is 32.6 Å². The fraction of sp³-hybridized carbons (Fsp3) is 1.00. The molecule has 0 amide bonds. The summed E-state index contributed by atoms with van der Waals surface area (Å²) in [4.78, 5) is 0. The van der Waals surface area contributed by atoms with Crippen LogP contribution in [-0.2, 0) is 20.4 Å². The molecule has 10 heteroatoms. The molecule has 0 radical (unpaired) electrons. The third-order valence-electron chi connectivity index (χ3n) is 5.19. The van der Waals surface area contributed by atoms with E-state index in [4.69, 9.17) is 0 Å². The zero-order chi connectivity index (χ0) is 17.4. The average Bonchev–Trinajstić information content (AvgIpc) is 3.10. The van der Waals surface area contributed by atoms with E-state index in [1.54, 1.807) is 4.31 Å². The second-order valence-electron chi connectivity index (χ2n) is 7.03. The molecular formula is C14H28N4O4S2. The molecule has 24 heavy (non-hydrogen) atoms.